The quantitative estimate of drug-likeness (QED) is 0.877. The number of aromatic nitrogens is 2. The van der Waals surface area contributed by atoms with Crippen LogP contribution in [-0.4, -0.2) is 30.3 Å². The highest BCUT2D eigenvalue weighted by molar-refractivity contribution is 5.44. The molecule has 0 saturated heterocycles. The zero-order valence-electron chi connectivity index (χ0n) is 12.4. The number of hydrogen-bond acceptors (Lipinski definition) is 4. The lowest BCUT2D eigenvalue weighted by Crippen LogP contribution is -2.23. The third-order valence-corrected chi connectivity index (χ3v) is 3.18. The summed E-state index contributed by atoms with van der Waals surface area (Å²) in [5, 5.41) is 3.44. The molecule has 0 amide bonds. The van der Waals surface area contributed by atoms with Gasteiger partial charge in [-0.3, -0.25) is 0 Å². The third-order valence-electron chi connectivity index (χ3n) is 3.18. The summed E-state index contributed by atoms with van der Waals surface area (Å²) in [6, 6.07) is 5.78. The second kappa shape index (κ2) is 6.43. The number of benzene rings is 1. The van der Waals surface area contributed by atoms with E-state index in [1.807, 2.05) is 36.0 Å². The lowest BCUT2D eigenvalue weighted by Gasteiger charge is -2.19. The number of imidazole rings is 1. The molecule has 0 saturated carbocycles. The summed E-state index contributed by atoms with van der Waals surface area (Å²) in [7, 11) is 5.30. The Labute approximate surface area is 119 Å². The number of rotatable bonds is 6. The first-order valence-electron chi connectivity index (χ1n) is 6.62. The molecule has 0 spiro atoms. The molecule has 0 aliphatic rings. The fourth-order valence-corrected chi connectivity index (χ4v) is 2.23. The minimum atomic E-state index is -0.0220. The summed E-state index contributed by atoms with van der Waals surface area (Å²) in [6.07, 6.45) is 3.80. The second-order valence-electron chi connectivity index (χ2n) is 4.56. The number of nitrogens with zero attached hydrogens (tertiary/aromatic N) is 2. The van der Waals surface area contributed by atoms with Gasteiger partial charge in [0.05, 0.1) is 32.3 Å². The van der Waals surface area contributed by atoms with Crippen LogP contribution >= 0.6 is 0 Å². The van der Waals surface area contributed by atoms with E-state index in [0.29, 0.717) is 0 Å². The molecule has 2 rings (SSSR count). The molecule has 0 aliphatic carbocycles. The fourth-order valence-electron chi connectivity index (χ4n) is 2.23. The summed E-state index contributed by atoms with van der Waals surface area (Å²) >= 11 is 0. The summed E-state index contributed by atoms with van der Waals surface area (Å²) in [5.41, 5.74) is 1.98. The van der Waals surface area contributed by atoms with E-state index in [-0.39, 0.29) is 6.04 Å². The maximum atomic E-state index is 5.47. The molecule has 1 aromatic carbocycles. The first-order chi connectivity index (χ1) is 9.69. The van der Waals surface area contributed by atoms with E-state index in [9.17, 15) is 0 Å². The molecule has 20 heavy (non-hydrogen) atoms. The summed E-state index contributed by atoms with van der Waals surface area (Å²) in [5.74, 6) is 1.63. The summed E-state index contributed by atoms with van der Waals surface area (Å²) in [6.45, 7) is 2.91. The van der Waals surface area contributed by atoms with Crippen molar-refractivity contribution in [3.8, 4) is 11.5 Å². The van der Waals surface area contributed by atoms with Crippen molar-refractivity contribution in [2.24, 2.45) is 7.05 Å². The normalized spacial score (nSPS) is 12.2. The van der Waals surface area contributed by atoms with Gasteiger partial charge in [0.1, 0.15) is 11.5 Å². The Balaban J connectivity index is 2.47. The summed E-state index contributed by atoms with van der Waals surface area (Å²) in [4.78, 5) is 4.45. The Kier molecular flexibility index (Phi) is 4.63. The van der Waals surface area contributed by atoms with Gasteiger partial charge in [-0.25, -0.2) is 4.98 Å². The largest absolute Gasteiger partial charge is 0.497 e. The third kappa shape index (κ3) is 2.93. The zero-order chi connectivity index (χ0) is 14.5. The van der Waals surface area contributed by atoms with Crippen LogP contribution in [0.5, 0.6) is 11.5 Å². The molecule has 1 N–H and O–H groups in total. The number of hydrogen-bond donors (Lipinski definition) is 1. The highest BCUT2D eigenvalue weighted by Crippen LogP contribution is 2.32. The molecule has 0 aliphatic heterocycles. The predicted molar refractivity (Wildman–Crippen MR) is 78.3 cm³/mol. The lowest BCUT2D eigenvalue weighted by molar-refractivity contribution is 0.393. The van der Waals surface area contributed by atoms with E-state index in [0.717, 1.165) is 29.3 Å². The molecule has 5 heteroatoms. The minimum Gasteiger partial charge on any atom is -0.497 e. The Bertz CT molecular complexity index is 566. The van der Waals surface area contributed by atoms with Gasteiger partial charge in [-0.05, 0) is 24.7 Å². The van der Waals surface area contributed by atoms with Gasteiger partial charge in [-0.2, -0.15) is 0 Å². The molecule has 1 unspecified atom stereocenters. The molecule has 108 valence electrons. The van der Waals surface area contributed by atoms with Crippen LogP contribution < -0.4 is 14.8 Å². The molecule has 0 bridgehead atoms. The smallest absolute Gasteiger partial charge is 0.124 e. The van der Waals surface area contributed by atoms with Gasteiger partial charge in [-0.1, -0.05) is 6.92 Å². The van der Waals surface area contributed by atoms with Crippen LogP contribution in [-0.2, 0) is 7.05 Å². The Morgan fingerprint density at radius 3 is 2.65 bits per heavy atom. The monoisotopic (exact) mass is 275 g/mol. The van der Waals surface area contributed by atoms with Gasteiger partial charge in [0.15, 0.2) is 0 Å². The van der Waals surface area contributed by atoms with Crippen molar-refractivity contribution >= 4 is 0 Å². The van der Waals surface area contributed by atoms with E-state index in [1.54, 1.807) is 20.5 Å². The van der Waals surface area contributed by atoms with Crippen molar-refractivity contribution in [1.29, 1.82) is 0 Å². The van der Waals surface area contributed by atoms with Crippen molar-refractivity contribution in [2.75, 3.05) is 20.8 Å². The molecule has 1 heterocycles. The maximum Gasteiger partial charge on any atom is 0.124 e. The van der Waals surface area contributed by atoms with Gasteiger partial charge in [-0.15, -0.1) is 0 Å². The van der Waals surface area contributed by atoms with Crippen molar-refractivity contribution in [2.45, 2.75) is 13.0 Å². The van der Waals surface area contributed by atoms with Gasteiger partial charge >= 0.3 is 0 Å². The Morgan fingerprint density at radius 2 is 2.10 bits per heavy atom. The fraction of sp³-hybridized carbons (Fsp3) is 0.400. The van der Waals surface area contributed by atoms with Crippen LogP contribution in [0.25, 0.3) is 0 Å². The van der Waals surface area contributed by atoms with Crippen molar-refractivity contribution in [1.82, 2.24) is 14.9 Å². The molecule has 1 aromatic heterocycles. The van der Waals surface area contributed by atoms with Crippen LogP contribution in [0.4, 0.5) is 0 Å². The average molecular weight is 275 g/mol. The molecule has 2 aromatic rings. The van der Waals surface area contributed by atoms with Crippen LogP contribution in [0.3, 0.4) is 0 Å². The Morgan fingerprint density at radius 1 is 1.30 bits per heavy atom. The number of ether oxygens (including phenoxy) is 2. The molecule has 0 fully saturated rings. The van der Waals surface area contributed by atoms with Gasteiger partial charge in [0, 0.05) is 18.8 Å². The molecular formula is C15H21N3O2. The van der Waals surface area contributed by atoms with E-state index < -0.39 is 0 Å². The van der Waals surface area contributed by atoms with E-state index >= 15 is 0 Å². The number of nitrogens with one attached hydrogen (secondary N) is 1. The van der Waals surface area contributed by atoms with Crippen LogP contribution in [0.15, 0.2) is 30.7 Å². The van der Waals surface area contributed by atoms with Crippen molar-refractivity contribution in [3.05, 3.63) is 42.0 Å². The first kappa shape index (κ1) is 14.4. The number of aryl methyl sites for hydroxylation is 1. The molecule has 0 radical (unpaired) electrons. The van der Waals surface area contributed by atoms with Gasteiger partial charge in [0.2, 0.25) is 0 Å². The highest BCUT2D eigenvalue weighted by atomic mass is 16.5. The Hall–Kier alpha value is -2.01. The average Bonchev–Trinajstić information content (AvgIpc) is 2.90. The number of methoxy groups -OCH3 is 2. The van der Waals surface area contributed by atoms with E-state index in [4.69, 9.17) is 9.47 Å². The summed E-state index contributed by atoms with van der Waals surface area (Å²) < 4.78 is 12.7. The standard InChI is InChI=1S/C15H21N3O2/c1-5-16-15(13-9-18(2)10-17-13)12-8-11(19-3)6-7-14(12)20-4/h6-10,15-16H,5H2,1-4H3. The first-order valence-corrected chi connectivity index (χ1v) is 6.62. The maximum absolute atomic E-state index is 5.47. The van der Waals surface area contributed by atoms with E-state index in [1.165, 1.54) is 0 Å². The van der Waals surface area contributed by atoms with Crippen LogP contribution in [0.1, 0.15) is 24.2 Å². The van der Waals surface area contributed by atoms with Gasteiger partial charge < -0.3 is 19.4 Å². The highest BCUT2D eigenvalue weighted by Gasteiger charge is 2.20. The van der Waals surface area contributed by atoms with Gasteiger partial charge in [0.25, 0.3) is 0 Å². The lowest BCUT2D eigenvalue weighted by atomic mass is 10.0. The molecular weight excluding hydrogens is 254 g/mol. The SMILES string of the molecule is CCNC(c1cn(C)cn1)c1cc(OC)ccc1OC. The van der Waals surface area contributed by atoms with Crippen LogP contribution in [0.2, 0.25) is 0 Å². The zero-order valence-corrected chi connectivity index (χ0v) is 12.4. The van der Waals surface area contributed by atoms with Crippen molar-refractivity contribution < 1.29 is 9.47 Å². The topological polar surface area (TPSA) is 48.3 Å². The van der Waals surface area contributed by atoms with E-state index in [2.05, 4.69) is 17.2 Å². The second-order valence-corrected chi connectivity index (χ2v) is 4.56. The van der Waals surface area contributed by atoms with Crippen molar-refractivity contribution in [3.63, 3.8) is 0 Å². The molecule has 1 atom stereocenters. The predicted octanol–water partition coefficient (Wildman–Crippen LogP) is 2.14. The van der Waals surface area contributed by atoms with Crippen LogP contribution in [0, 0.1) is 0 Å². The minimum absolute atomic E-state index is 0.0220. The molecule has 5 nitrogen and oxygen atoms in total.